The summed E-state index contributed by atoms with van der Waals surface area (Å²) in [6, 6.07) is 15.7. The van der Waals surface area contributed by atoms with Crippen LogP contribution in [0.1, 0.15) is 22.9 Å². The van der Waals surface area contributed by atoms with Crippen LogP contribution in [0, 0.1) is 18.2 Å². The average molecular weight is 447 g/mol. The van der Waals surface area contributed by atoms with Gasteiger partial charge in [0.15, 0.2) is 0 Å². The zero-order valence-corrected chi connectivity index (χ0v) is 17.4. The molecule has 3 atom stereocenters. The summed E-state index contributed by atoms with van der Waals surface area (Å²) >= 11 is 3.04. The molecule has 28 heavy (non-hydrogen) atoms. The molecular weight excluding hydrogens is 423 g/mol. The summed E-state index contributed by atoms with van der Waals surface area (Å²) in [6.45, 7) is 3.35. The van der Waals surface area contributed by atoms with Gasteiger partial charge in [-0.25, -0.2) is 0 Å². The second-order valence-electron chi connectivity index (χ2n) is 6.90. The van der Waals surface area contributed by atoms with Gasteiger partial charge in [-0.2, -0.15) is 0 Å². The molecule has 0 spiro atoms. The predicted molar refractivity (Wildman–Crippen MR) is 108 cm³/mol. The molecule has 1 heterocycles. The Morgan fingerprint density at radius 2 is 1.36 bits per heavy atom. The van der Waals surface area contributed by atoms with E-state index < -0.39 is 24.9 Å². The van der Waals surface area contributed by atoms with Gasteiger partial charge in [0, 0.05) is 0 Å². The zero-order valence-electron chi connectivity index (χ0n) is 15.7. The van der Waals surface area contributed by atoms with Crippen molar-refractivity contribution >= 4 is 15.6 Å². The van der Waals surface area contributed by atoms with Crippen LogP contribution in [0.2, 0.25) is 0 Å². The predicted octanol–water partition coefficient (Wildman–Crippen LogP) is 1.33. The van der Waals surface area contributed by atoms with E-state index in [1.54, 1.807) is 10.8 Å². The van der Waals surface area contributed by atoms with Crippen LogP contribution in [0.5, 0.6) is 0 Å². The van der Waals surface area contributed by atoms with Gasteiger partial charge in [0.05, 0.1) is 0 Å². The molecule has 0 radical (unpaired) electrons. The van der Waals surface area contributed by atoms with Crippen molar-refractivity contribution in [1.82, 2.24) is 9.13 Å². The number of hydrogen-bond acceptors (Lipinski definition) is 4. The van der Waals surface area contributed by atoms with E-state index in [2.05, 4.69) is 15.6 Å². The molecular formula is C21H24N2O4Se. The molecule has 148 valence electrons. The molecule has 3 rings (SSSR count). The normalized spacial score (nSPS) is 14.6. The Labute approximate surface area is 171 Å². The van der Waals surface area contributed by atoms with E-state index in [4.69, 9.17) is 5.11 Å². The zero-order chi connectivity index (χ0) is 20.4. The minimum atomic E-state index is -1.53. The van der Waals surface area contributed by atoms with E-state index in [0.29, 0.717) is 10.0 Å². The molecule has 0 saturated heterocycles. The van der Waals surface area contributed by atoms with Gasteiger partial charge in [0.2, 0.25) is 0 Å². The molecule has 0 fully saturated rings. The number of hydrogen-bond donors (Lipinski definition) is 4. The van der Waals surface area contributed by atoms with Crippen molar-refractivity contribution in [2.45, 2.75) is 32.2 Å². The van der Waals surface area contributed by atoms with Crippen LogP contribution in [0.4, 0.5) is 0 Å². The van der Waals surface area contributed by atoms with Gasteiger partial charge in [-0.3, -0.25) is 0 Å². The topological polar surface area (TPSA) is 90.8 Å². The number of imidazole rings is 1. The van der Waals surface area contributed by atoms with Crippen molar-refractivity contribution in [2.24, 2.45) is 0 Å². The van der Waals surface area contributed by atoms with Gasteiger partial charge >= 0.3 is 171 Å². The summed E-state index contributed by atoms with van der Waals surface area (Å²) in [5.41, 5.74) is 4.30. The standard InChI is InChI=1S/C21H24N2O4Se/c1-13-3-7-15(8-4-13)22-11-17(19(26)20(27)18(25)12-24)23(21(22)28)16-9-5-14(2)6-10-16/h3-11,18-20,24-27H,12H2,1-2H3/t18-,19-,20-/m1/s1. The first-order chi connectivity index (χ1) is 13.3. The van der Waals surface area contributed by atoms with Crippen molar-refractivity contribution in [3.8, 4) is 11.4 Å². The van der Waals surface area contributed by atoms with Crippen LogP contribution < -0.4 is 0 Å². The number of benzene rings is 2. The van der Waals surface area contributed by atoms with Crippen molar-refractivity contribution in [1.29, 1.82) is 0 Å². The Morgan fingerprint density at radius 3 is 1.86 bits per heavy atom. The van der Waals surface area contributed by atoms with Crippen molar-refractivity contribution in [2.75, 3.05) is 6.61 Å². The molecule has 3 aromatic rings. The third kappa shape index (κ3) is 4.05. The first kappa shape index (κ1) is 20.7. The van der Waals surface area contributed by atoms with E-state index >= 15 is 0 Å². The number of aliphatic hydroxyl groups excluding tert-OH is 4. The number of rotatable bonds is 6. The third-order valence-electron chi connectivity index (χ3n) is 4.73. The molecule has 0 bridgehead atoms. The Hall–Kier alpha value is -1.99. The van der Waals surface area contributed by atoms with Crippen LogP contribution in [0.25, 0.3) is 11.4 Å². The molecule has 0 saturated carbocycles. The van der Waals surface area contributed by atoms with Crippen LogP contribution in [-0.4, -0.2) is 64.0 Å². The van der Waals surface area contributed by atoms with Crippen LogP contribution in [0.15, 0.2) is 54.7 Å². The van der Waals surface area contributed by atoms with Crippen molar-refractivity contribution in [3.05, 3.63) is 75.9 Å². The SMILES string of the molecule is Cc1ccc(-n2cc([C@@H](O)[C@H](O)[C@H](O)CO)n(-c3ccc(C)cc3)c2=[Se])cc1. The maximum absolute atomic E-state index is 10.7. The fourth-order valence-electron chi connectivity index (χ4n) is 3.01. The van der Waals surface area contributed by atoms with Gasteiger partial charge < -0.3 is 0 Å². The quantitative estimate of drug-likeness (QED) is 0.430. The van der Waals surface area contributed by atoms with Gasteiger partial charge in [-0.15, -0.1) is 0 Å². The van der Waals surface area contributed by atoms with E-state index in [1.807, 2.05) is 66.9 Å². The molecule has 0 aliphatic rings. The van der Waals surface area contributed by atoms with Crippen LogP contribution >= 0.6 is 0 Å². The van der Waals surface area contributed by atoms with E-state index in [9.17, 15) is 15.3 Å². The van der Waals surface area contributed by atoms with Crippen LogP contribution in [-0.2, 0) is 0 Å². The molecule has 4 N–H and O–H groups in total. The molecule has 6 nitrogen and oxygen atoms in total. The second kappa shape index (κ2) is 8.57. The Morgan fingerprint density at radius 1 is 0.857 bits per heavy atom. The maximum atomic E-state index is 10.7. The molecule has 0 aliphatic carbocycles. The Kier molecular flexibility index (Phi) is 6.35. The van der Waals surface area contributed by atoms with E-state index in [0.717, 1.165) is 22.5 Å². The number of nitrogens with zero attached hydrogens (tertiary/aromatic N) is 2. The molecule has 7 heteroatoms. The summed E-state index contributed by atoms with van der Waals surface area (Å²) in [5, 5.41) is 40.0. The second-order valence-corrected chi connectivity index (χ2v) is 7.66. The molecule has 0 unspecified atom stereocenters. The Balaban J connectivity index is 2.18. The van der Waals surface area contributed by atoms with Gasteiger partial charge in [-0.05, 0) is 0 Å². The van der Waals surface area contributed by atoms with Gasteiger partial charge in [0.25, 0.3) is 0 Å². The summed E-state index contributed by atoms with van der Waals surface area (Å²) in [7, 11) is 0. The average Bonchev–Trinajstić information content (AvgIpc) is 3.04. The minimum absolute atomic E-state index is 0.387. The third-order valence-corrected chi connectivity index (χ3v) is 5.52. The molecule has 2 aromatic carbocycles. The number of aromatic nitrogens is 2. The molecule has 0 amide bonds. The van der Waals surface area contributed by atoms with E-state index in [1.165, 1.54) is 0 Å². The summed E-state index contributed by atoms with van der Waals surface area (Å²) < 4.78 is 4.36. The molecule has 1 aromatic heterocycles. The Bertz CT molecular complexity index is 993. The van der Waals surface area contributed by atoms with Crippen LogP contribution in [0.3, 0.4) is 0 Å². The number of aryl methyl sites for hydroxylation is 2. The fourth-order valence-corrected chi connectivity index (χ4v) is 3.78. The van der Waals surface area contributed by atoms with Crippen molar-refractivity contribution < 1.29 is 20.4 Å². The summed E-state index contributed by atoms with van der Waals surface area (Å²) in [4.78, 5) is 0. The fraction of sp³-hybridized carbons (Fsp3) is 0.286. The van der Waals surface area contributed by atoms with E-state index in [-0.39, 0.29) is 0 Å². The van der Waals surface area contributed by atoms with Gasteiger partial charge in [0.1, 0.15) is 0 Å². The summed E-state index contributed by atoms with van der Waals surface area (Å²) in [5.74, 6) is 0. The first-order valence-corrected chi connectivity index (χ1v) is 9.82. The first-order valence-electron chi connectivity index (χ1n) is 8.97. The van der Waals surface area contributed by atoms with Crippen molar-refractivity contribution in [3.63, 3.8) is 0 Å². The monoisotopic (exact) mass is 448 g/mol. The van der Waals surface area contributed by atoms with Gasteiger partial charge in [-0.1, -0.05) is 0 Å². The summed E-state index contributed by atoms with van der Waals surface area (Å²) in [6.07, 6.45) is -2.67. The molecule has 0 aliphatic heterocycles. The number of aliphatic hydroxyl groups is 4.